The van der Waals surface area contributed by atoms with Gasteiger partial charge in [-0.1, -0.05) is 30.3 Å². The van der Waals surface area contributed by atoms with Crippen molar-refractivity contribution in [1.82, 2.24) is 10.2 Å². The van der Waals surface area contributed by atoms with Gasteiger partial charge in [0.2, 0.25) is 0 Å². The molecule has 1 heterocycles. The summed E-state index contributed by atoms with van der Waals surface area (Å²) in [6.45, 7) is 2.38. The van der Waals surface area contributed by atoms with E-state index in [4.69, 9.17) is 4.74 Å². The van der Waals surface area contributed by atoms with E-state index < -0.39 is 5.54 Å². The minimum absolute atomic E-state index is 0.309. The Kier molecular flexibility index (Phi) is 5.13. The third kappa shape index (κ3) is 3.37. The summed E-state index contributed by atoms with van der Waals surface area (Å²) in [6, 6.07) is 12.4. The molecule has 0 saturated carbocycles. The van der Waals surface area contributed by atoms with Crippen LogP contribution in [0.2, 0.25) is 0 Å². The Morgan fingerprint density at radius 2 is 2.20 bits per heavy atom. The summed E-state index contributed by atoms with van der Waals surface area (Å²) in [7, 11) is 3.89. The van der Waals surface area contributed by atoms with Crippen molar-refractivity contribution in [3.05, 3.63) is 35.9 Å². The largest absolute Gasteiger partial charge is 0.377 e. The fourth-order valence-corrected chi connectivity index (χ4v) is 2.80. The average Bonchev–Trinajstić information content (AvgIpc) is 2.98. The fourth-order valence-electron chi connectivity index (χ4n) is 2.80. The van der Waals surface area contributed by atoms with E-state index in [-0.39, 0.29) is 0 Å². The number of rotatable bonds is 6. The van der Waals surface area contributed by atoms with Crippen LogP contribution in [0.15, 0.2) is 30.3 Å². The first-order chi connectivity index (χ1) is 9.70. The van der Waals surface area contributed by atoms with Gasteiger partial charge in [0, 0.05) is 19.7 Å². The van der Waals surface area contributed by atoms with Gasteiger partial charge in [-0.25, -0.2) is 0 Å². The second kappa shape index (κ2) is 6.85. The molecule has 108 valence electrons. The van der Waals surface area contributed by atoms with E-state index >= 15 is 0 Å². The van der Waals surface area contributed by atoms with Gasteiger partial charge >= 0.3 is 0 Å². The lowest BCUT2D eigenvalue weighted by molar-refractivity contribution is 0.0754. The third-order valence-electron chi connectivity index (χ3n) is 3.93. The zero-order chi connectivity index (χ0) is 14.4. The van der Waals surface area contributed by atoms with Crippen LogP contribution >= 0.6 is 0 Å². The van der Waals surface area contributed by atoms with E-state index in [1.165, 1.54) is 0 Å². The maximum Gasteiger partial charge on any atom is 0.144 e. The standard InChI is InChI=1S/C16H23N3O/c1-18-16(12-17,14-7-4-3-5-8-14)13-19(2)11-15-9-6-10-20-15/h3-5,7-8,15,18H,6,9-11,13H2,1-2H3. The van der Waals surface area contributed by atoms with Crippen LogP contribution in [-0.2, 0) is 10.3 Å². The van der Waals surface area contributed by atoms with Gasteiger partial charge in [0.05, 0.1) is 12.2 Å². The molecule has 0 radical (unpaired) electrons. The van der Waals surface area contributed by atoms with Gasteiger partial charge in [-0.3, -0.25) is 5.32 Å². The lowest BCUT2D eigenvalue weighted by Gasteiger charge is -2.32. The monoisotopic (exact) mass is 273 g/mol. The van der Waals surface area contributed by atoms with Crippen LogP contribution in [0.5, 0.6) is 0 Å². The molecule has 0 bridgehead atoms. The van der Waals surface area contributed by atoms with Crippen LogP contribution in [-0.4, -0.2) is 44.8 Å². The Hall–Kier alpha value is -1.41. The maximum atomic E-state index is 9.67. The van der Waals surface area contributed by atoms with E-state index in [0.717, 1.165) is 31.6 Å². The molecule has 1 N–H and O–H groups in total. The first kappa shape index (κ1) is 15.0. The van der Waals surface area contributed by atoms with Crippen molar-refractivity contribution >= 4 is 0 Å². The van der Waals surface area contributed by atoms with E-state index in [1.54, 1.807) is 0 Å². The average molecular weight is 273 g/mol. The van der Waals surface area contributed by atoms with E-state index in [2.05, 4.69) is 16.3 Å². The Bertz CT molecular complexity index is 451. The molecule has 1 saturated heterocycles. The van der Waals surface area contributed by atoms with E-state index in [0.29, 0.717) is 12.6 Å². The van der Waals surface area contributed by atoms with Crippen LogP contribution in [0.25, 0.3) is 0 Å². The smallest absolute Gasteiger partial charge is 0.144 e. The molecule has 2 rings (SSSR count). The van der Waals surface area contributed by atoms with E-state index in [9.17, 15) is 5.26 Å². The summed E-state index contributed by atoms with van der Waals surface area (Å²) in [6.07, 6.45) is 2.57. The molecule has 2 unspecified atom stereocenters. The molecule has 1 fully saturated rings. The van der Waals surface area contributed by atoms with Crippen LogP contribution in [0.3, 0.4) is 0 Å². The lowest BCUT2D eigenvalue weighted by Crippen LogP contribution is -2.49. The van der Waals surface area contributed by atoms with Crippen LogP contribution in [0.1, 0.15) is 18.4 Å². The summed E-state index contributed by atoms with van der Waals surface area (Å²) in [5.41, 5.74) is 0.332. The predicted octanol–water partition coefficient (Wildman–Crippen LogP) is 1.74. The highest BCUT2D eigenvalue weighted by Gasteiger charge is 2.32. The molecule has 0 aromatic heterocycles. The molecule has 4 heteroatoms. The number of hydrogen-bond donors (Lipinski definition) is 1. The highest BCUT2D eigenvalue weighted by molar-refractivity contribution is 5.31. The Labute approximate surface area is 121 Å². The summed E-state index contributed by atoms with van der Waals surface area (Å²) < 4.78 is 5.67. The summed E-state index contributed by atoms with van der Waals surface area (Å²) in [4.78, 5) is 2.18. The number of nitriles is 1. The number of hydrogen-bond acceptors (Lipinski definition) is 4. The Balaban J connectivity index is 2.07. The van der Waals surface area contributed by atoms with Gasteiger partial charge in [-0.15, -0.1) is 0 Å². The van der Waals surface area contributed by atoms with Gasteiger partial charge in [-0.05, 0) is 32.5 Å². The van der Waals surface area contributed by atoms with Crippen molar-refractivity contribution in [2.45, 2.75) is 24.5 Å². The number of benzene rings is 1. The quantitative estimate of drug-likeness (QED) is 0.857. The van der Waals surface area contributed by atoms with Gasteiger partial charge < -0.3 is 9.64 Å². The van der Waals surface area contributed by atoms with Gasteiger partial charge in [0.25, 0.3) is 0 Å². The number of nitrogens with zero attached hydrogens (tertiary/aromatic N) is 2. The second-order valence-corrected chi connectivity index (χ2v) is 5.46. The zero-order valence-corrected chi connectivity index (χ0v) is 12.3. The maximum absolute atomic E-state index is 9.67. The molecule has 0 amide bonds. The number of nitrogens with one attached hydrogen (secondary N) is 1. The Morgan fingerprint density at radius 3 is 2.75 bits per heavy atom. The second-order valence-electron chi connectivity index (χ2n) is 5.46. The van der Waals surface area contributed by atoms with Crippen molar-refractivity contribution in [3.8, 4) is 6.07 Å². The molecule has 1 aromatic carbocycles. The van der Waals surface area contributed by atoms with E-state index in [1.807, 2.05) is 44.4 Å². The Morgan fingerprint density at radius 1 is 1.45 bits per heavy atom. The molecule has 0 aliphatic carbocycles. The predicted molar refractivity (Wildman–Crippen MR) is 79.3 cm³/mol. The van der Waals surface area contributed by atoms with Gasteiger partial charge in [0.1, 0.15) is 5.54 Å². The minimum atomic E-state index is -0.672. The van der Waals surface area contributed by atoms with Crippen molar-refractivity contribution in [2.75, 3.05) is 33.8 Å². The summed E-state index contributed by atoms with van der Waals surface area (Å²) >= 11 is 0. The van der Waals surface area contributed by atoms with Gasteiger partial charge in [0.15, 0.2) is 0 Å². The molecular weight excluding hydrogens is 250 g/mol. The van der Waals surface area contributed by atoms with Crippen molar-refractivity contribution in [2.24, 2.45) is 0 Å². The summed E-state index contributed by atoms with van der Waals surface area (Å²) in [5.74, 6) is 0. The molecule has 1 aliphatic heterocycles. The SMILES string of the molecule is CNC(C#N)(CN(C)CC1CCCO1)c1ccccc1. The normalized spacial score (nSPS) is 21.6. The number of ether oxygens (including phenoxy) is 1. The minimum Gasteiger partial charge on any atom is -0.377 e. The third-order valence-corrected chi connectivity index (χ3v) is 3.93. The van der Waals surface area contributed by atoms with Gasteiger partial charge in [-0.2, -0.15) is 5.26 Å². The highest BCUT2D eigenvalue weighted by atomic mass is 16.5. The zero-order valence-electron chi connectivity index (χ0n) is 12.3. The van der Waals surface area contributed by atoms with Crippen molar-refractivity contribution < 1.29 is 4.74 Å². The molecule has 4 nitrogen and oxygen atoms in total. The fraction of sp³-hybridized carbons (Fsp3) is 0.562. The summed E-state index contributed by atoms with van der Waals surface area (Å²) in [5, 5.41) is 12.9. The molecule has 0 spiro atoms. The van der Waals surface area contributed by atoms with Crippen LogP contribution in [0.4, 0.5) is 0 Å². The van der Waals surface area contributed by atoms with Crippen LogP contribution < -0.4 is 5.32 Å². The molecule has 1 aliphatic rings. The molecule has 1 aromatic rings. The first-order valence-electron chi connectivity index (χ1n) is 7.16. The van der Waals surface area contributed by atoms with Crippen molar-refractivity contribution in [1.29, 1.82) is 5.26 Å². The topological polar surface area (TPSA) is 48.3 Å². The lowest BCUT2D eigenvalue weighted by atomic mass is 9.91. The van der Waals surface area contributed by atoms with Crippen molar-refractivity contribution in [3.63, 3.8) is 0 Å². The molecule has 2 atom stereocenters. The molecule has 20 heavy (non-hydrogen) atoms. The first-order valence-corrected chi connectivity index (χ1v) is 7.16. The molecular formula is C16H23N3O. The number of likely N-dealkylation sites (N-methyl/N-ethyl adjacent to an activating group) is 2. The highest BCUT2D eigenvalue weighted by Crippen LogP contribution is 2.22. The van der Waals surface area contributed by atoms with Crippen LogP contribution in [0, 0.1) is 11.3 Å².